The van der Waals surface area contributed by atoms with Gasteiger partial charge in [0, 0.05) is 10.9 Å². The van der Waals surface area contributed by atoms with Gasteiger partial charge in [-0.1, -0.05) is 12.1 Å². The molecule has 19 heavy (non-hydrogen) atoms. The quantitative estimate of drug-likeness (QED) is 0.733. The van der Waals surface area contributed by atoms with Crippen molar-refractivity contribution in [2.24, 2.45) is 0 Å². The van der Waals surface area contributed by atoms with Gasteiger partial charge in [-0.05, 0) is 29.3 Å². The highest BCUT2D eigenvalue weighted by atomic mass is 35.5. The third-order valence-corrected chi connectivity index (χ3v) is 3.88. The molecule has 96 valence electrons. The number of ether oxygens (including phenoxy) is 1. The highest BCUT2D eigenvalue weighted by Gasteiger charge is 2.12. The first-order chi connectivity index (χ1) is 9.19. The minimum atomic E-state index is 0.174. The highest BCUT2D eigenvalue weighted by molar-refractivity contribution is 7.17. The first-order valence-corrected chi connectivity index (χ1v) is 6.79. The topological polar surface area (TPSA) is 61.0 Å². The molecule has 1 aromatic carbocycles. The van der Waals surface area contributed by atoms with Gasteiger partial charge in [-0.3, -0.25) is 0 Å². The Morgan fingerprint density at radius 3 is 2.63 bits per heavy atom. The van der Waals surface area contributed by atoms with Gasteiger partial charge in [-0.25, -0.2) is 9.97 Å². The van der Waals surface area contributed by atoms with E-state index in [1.165, 1.54) is 11.3 Å². The number of aromatic nitrogens is 2. The largest absolute Gasteiger partial charge is 0.497 e. The molecule has 0 amide bonds. The molecule has 3 rings (SSSR count). The molecule has 0 saturated heterocycles. The Kier molecular flexibility index (Phi) is 3.00. The Morgan fingerprint density at radius 2 is 1.95 bits per heavy atom. The lowest BCUT2D eigenvalue weighted by atomic mass is 10.1. The Bertz CT molecular complexity index is 739. The first-order valence-electron chi connectivity index (χ1n) is 5.53. The van der Waals surface area contributed by atoms with E-state index >= 15 is 0 Å². The lowest BCUT2D eigenvalue weighted by Crippen LogP contribution is -1.93. The number of hydrogen-bond acceptors (Lipinski definition) is 5. The molecular weight excluding hydrogens is 282 g/mol. The molecule has 0 radical (unpaired) electrons. The summed E-state index contributed by atoms with van der Waals surface area (Å²) in [5.41, 5.74) is 8.00. The van der Waals surface area contributed by atoms with Crippen molar-refractivity contribution in [2.45, 2.75) is 0 Å². The lowest BCUT2D eigenvalue weighted by Gasteiger charge is -2.04. The minimum absolute atomic E-state index is 0.174. The zero-order chi connectivity index (χ0) is 13.4. The maximum Gasteiger partial charge on any atom is 0.225 e. The summed E-state index contributed by atoms with van der Waals surface area (Å²) in [6.07, 6.45) is 0. The number of fused-ring (bicyclic) bond motifs is 1. The first kappa shape index (κ1) is 12.2. The second-order valence-corrected chi connectivity index (χ2v) is 5.13. The summed E-state index contributed by atoms with van der Waals surface area (Å²) in [4.78, 5) is 8.99. The molecule has 0 spiro atoms. The number of benzene rings is 1. The molecule has 2 aromatic heterocycles. The van der Waals surface area contributed by atoms with E-state index in [0.717, 1.165) is 27.1 Å². The fourth-order valence-corrected chi connectivity index (χ4v) is 3.11. The van der Waals surface area contributed by atoms with Gasteiger partial charge in [0.05, 0.1) is 12.5 Å². The molecule has 0 unspecified atom stereocenters. The predicted molar refractivity (Wildman–Crippen MR) is 78.8 cm³/mol. The van der Waals surface area contributed by atoms with Gasteiger partial charge in [-0.15, -0.1) is 11.3 Å². The maximum atomic E-state index is 5.94. The number of rotatable bonds is 2. The summed E-state index contributed by atoms with van der Waals surface area (Å²) in [6.45, 7) is 0. The van der Waals surface area contributed by atoms with E-state index in [1.807, 2.05) is 29.6 Å². The molecule has 2 N–H and O–H groups in total. The monoisotopic (exact) mass is 291 g/mol. The lowest BCUT2D eigenvalue weighted by molar-refractivity contribution is 0.415. The van der Waals surface area contributed by atoms with Crippen LogP contribution in [0.15, 0.2) is 29.6 Å². The predicted octanol–water partition coefficient (Wildman–Crippen LogP) is 3.60. The van der Waals surface area contributed by atoms with E-state index < -0.39 is 0 Å². The van der Waals surface area contributed by atoms with Crippen molar-refractivity contribution in [3.05, 3.63) is 34.9 Å². The van der Waals surface area contributed by atoms with Crippen molar-refractivity contribution in [3.63, 3.8) is 0 Å². The molecule has 2 heterocycles. The van der Waals surface area contributed by atoms with Crippen molar-refractivity contribution in [3.8, 4) is 16.9 Å². The molecule has 6 heteroatoms. The van der Waals surface area contributed by atoms with Crippen molar-refractivity contribution in [1.82, 2.24) is 9.97 Å². The van der Waals surface area contributed by atoms with Crippen molar-refractivity contribution < 1.29 is 4.74 Å². The average Bonchev–Trinajstić information content (AvgIpc) is 2.83. The summed E-state index contributed by atoms with van der Waals surface area (Å²) in [6, 6.07) is 7.78. The van der Waals surface area contributed by atoms with Gasteiger partial charge in [-0.2, -0.15) is 0 Å². The maximum absolute atomic E-state index is 5.94. The number of nitrogen functional groups attached to an aromatic ring is 1. The molecule has 0 aliphatic rings. The van der Waals surface area contributed by atoms with E-state index in [2.05, 4.69) is 9.97 Å². The van der Waals surface area contributed by atoms with Crippen LogP contribution in [0.3, 0.4) is 0 Å². The van der Waals surface area contributed by atoms with Gasteiger partial charge >= 0.3 is 0 Å². The summed E-state index contributed by atoms with van der Waals surface area (Å²) >= 11 is 7.31. The van der Waals surface area contributed by atoms with Gasteiger partial charge in [0.25, 0.3) is 0 Å². The van der Waals surface area contributed by atoms with Crippen molar-refractivity contribution in [2.75, 3.05) is 12.8 Å². The van der Waals surface area contributed by atoms with E-state index in [9.17, 15) is 0 Å². The van der Waals surface area contributed by atoms with Crippen LogP contribution >= 0.6 is 22.9 Å². The number of anilines is 1. The van der Waals surface area contributed by atoms with Crippen LogP contribution in [-0.2, 0) is 0 Å². The zero-order valence-corrected chi connectivity index (χ0v) is 11.6. The van der Waals surface area contributed by atoms with Crippen LogP contribution in [0.5, 0.6) is 5.75 Å². The fraction of sp³-hybridized carbons (Fsp3) is 0.0769. The third-order valence-electron chi connectivity index (χ3n) is 2.84. The Balaban J connectivity index is 2.19. The molecular formula is C13H10ClN3OS. The van der Waals surface area contributed by atoms with Crippen LogP contribution in [0.1, 0.15) is 0 Å². The molecule has 0 aliphatic carbocycles. The fourth-order valence-electron chi connectivity index (χ4n) is 1.92. The number of nitrogens with two attached hydrogens (primary N) is 1. The van der Waals surface area contributed by atoms with Crippen LogP contribution < -0.4 is 10.5 Å². The van der Waals surface area contributed by atoms with E-state index in [4.69, 9.17) is 22.1 Å². The van der Waals surface area contributed by atoms with Crippen LogP contribution in [-0.4, -0.2) is 17.1 Å². The van der Waals surface area contributed by atoms with Gasteiger partial charge in [0.2, 0.25) is 5.28 Å². The van der Waals surface area contributed by atoms with E-state index in [0.29, 0.717) is 5.82 Å². The van der Waals surface area contributed by atoms with Crippen LogP contribution in [0.4, 0.5) is 5.82 Å². The summed E-state index contributed by atoms with van der Waals surface area (Å²) < 4.78 is 5.15. The number of nitrogens with zero attached hydrogens (tertiary/aromatic N) is 2. The molecule has 3 aromatic rings. The summed E-state index contributed by atoms with van der Waals surface area (Å²) in [7, 11) is 1.64. The van der Waals surface area contributed by atoms with Crippen molar-refractivity contribution >= 4 is 39.0 Å². The Labute approximate surface area is 118 Å². The average molecular weight is 292 g/mol. The van der Waals surface area contributed by atoms with E-state index in [1.54, 1.807) is 7.11 Å². The zero-order valence-electron chi connectivity index (χ0n) is 10.1. The number of halogens is 1. The number of methoxy groups -OCH3 is 1. The third kappa shape index (κ3) is 2.11. The highest BCUT2D eigenvalue weighted by Crippen LogP contribution is 2.36. The summed E-state index contributed by atoms with van der Waals surface area (Å²) in [5.74, 6) is 1.22. The molecule has 4 nitrogen and oxygen atoms in total. The summed E-state index contributed by atoms with van der Waals surface area (Å²) in [5, 5.41) is 3.03. The SMILES string of the molecule is COc1ccc(-c2csc3nc(Cl)nc(N)c23)cc1. The number of hydrogen-bond donors (Lipinski definition) is 1. The van der Waals surface area contributed by atoms with Gasteiger partial charge < -0.3 is 10.5 Å². The minimum Gasteiger partial charge on any atom is -0.497 e. The van der Waals surface area contributed by atoms with Crippen molar-refractivity contribution in [1.29, 1.82) is 0 Å². The molecule has 0 saturated carbocycles. The normalized spacial score (nSPS) is 10.8. The second-order valence-electron chi connectivity index (χ2n) is 3.94. The van der Waals surface area contributed by atoms with Gasteiger partial charge in [0.15, 0.2) is 0 Å². The van der Waals surface area contributed by atoms with Crippen LogP contribution in [0.2, 0.25) is 5.28 Å². The molecule has 0 atom stereocenters. The smallest absolute Gasteiger partial charge is 0.225 e. The molecule has 0 fully saturated rings. The second kappa shape index (κ2) is 4.68. The van der Waals surface area contributed by atoms with E-state index in [-0.39, 0.29) is 5.28 Å². The molecule has 0 bridgehead atoms. The van der Waals surface area contributed by atoms with Gasteiger partial charge in [0.1, 0.15) is 16.4 Å². The van der Waals surface area contributed by atoms with Crippen LogP contribution in [0, 0.1) is 0 Å². The number of thiophene rings is 1. The Hall–Kier alpha value is -1.85. The van der Waals surface area contributed by atoms with Crippen LogP contribution in [0.25, 0.3) is 21.3 Å². The Morgan fingerprint density at radius 1 is 1.21 bits per heavy atom. The molecule has 0 aliphatic heterocycles. The standard InChI is InChI=1S/C13H10ClN3OS/c1-18-8-4-2-7(3-5-8)9-6-19-12-10(9)11(15)16-13(14)17-12/h2-6H,1H3,(H2,15,16,17).